The smallest absolute Gasteiger partial charge is 0.337 e. The van der Waals surface area contributed by atoms with E-state index in [1.807, 2.05) is 12.1 Å². The Morgan fingerprint density at radius 3 is 2.43 bits per heavy atom. The van der Waals surface area contributed by atoms with Gasteiger partial charge in [-0.3, -0.25) is 0 Å². The zero-order chi connectivity index (χ0) is 16.0. The molecule has 0 unspecified atom stereocenters. The number of hydrogen-bond donors (Lipinski definition) is 1. The summed E-state index contributed by atoms with van der Waals surface area (Å²) in [4.78, 5) is 15.8. The van der Waals surface area contributed by atoms with Crippen LogP contribution < -0.4 is 5.73 Å². The fourth-order valence-electron chi connectivity index (χ4n) is 1.61. The fourth-order valence-corrected chi connectivity index (χ4v) is 1.74. The van der Waals surface area contributed by atoms with Crippen molar-refractivity contribution >= 4 is 23.3 Å². The molecule has 0 aliphatic heterocycles. The van der Waals surface area contributed by atoms with Crippen molar-refractivity contribution in [2.45, 2.75) is 6.92 Å². The maximum Gasteiger partial charge on any atom is 0.337 e. The summed E-state index contributed by atoms with van der Waals surface area (Å²) < 4.78 is 4.61. The molecule has 0 fully saturated rings. The molecular weight excluding hydrogens is 288 g/mol. The summed E-state index contributed by atoms with van der Waals surface area (Å²) in [6.07, 6.45) is 1.42. The standard InChI is InChI=1S/C16H17ClN2O2/c1-5-14(10(2)16(20)21-4)15(18)19-11(3)12-6-8-13(17)9-7-12/h5-9H,1-2,18H2,3-4H3/b15-14-,19-11?. The molecule has 0 saturated carbocycles. The zero-order valence-electron chi connectivity index (χ0n) is 12.0. The molecular formula is C16H17ClN2O2. The average Bonchev–Trinajstić information content (AvgIpc) is 2.47. The minimum absolute atomic E-state index is 0.109. The lowest BCUT2D eigenvalue weighted by atomic mass is 10.1. The van der Waals surface area contributed by atoms with Crippen molar-refractivity contribution in [3.05, 3.63) is 71.1 Å². The Labute approximate surface area is 129 Å². The third-order valence-electron chi connectivity index (χ3n) is 2.79. The van der Waals surface area contributed by atoms with E-state index >= 15 is 0 Å². The Morgan fingerprint density at radius 1 is 1.38 bits per heavy atom. The van der Waals surface area contributed by atoms with Crippen LogP contribution in [-0.4, -0.2) is 18.8 Å². The molecule has 1 aromatic carbocycles. The number of carbonyl (C=O) groups excluding carboxylic acids is 1. The van der Waals surface area contributed by atoms with Gasteiger partial charge in [0.25, 0.3) is 0 Å². The van der Waals surface area contributed by atoms with Crippen LogP contribution in [0, 0.1) is 0 Å². The number of nitrogens with two attached hydrogens (primary N) is 1. The van der Waals surface area contributed by atoms with Crippen molar-refractivity contribution < 1.29 is 9.53 Å². The van der Waals surface area contributed by atoms with Crippen molar-refractivity contribution in [2.24, 2.45) is 10.7 Å². The third-order valence-corrected chi connectivity index (χ3v) is 3.04. The molecule has 2 N–H and O–H groups in total. The van der Waals surface area contributed by atoms with Gasteiger partial charge in [0, 0.05) is 16.3 Å². The van der Waals surface area contributed by atoms with Gasteiger partial charge in [-0.1, -0.05) is 43.0 Å². The first kappa shape index (κ1) is 16.7. The highest BCUT2D eigenvalue weighted by atomic mass is 35.5. The largest absolute Gasteiger partial charge is 0.465 e. The van der Waals surface area contributed by atoms with E-state index in [-0.39, 0.29) is 11.4 Å². The van der Waals surface area contributed by atoms with Crippen molar-refractivity contribution in [2.75, 3.05) is 7.11 Å². The molecule has 0 radical (unpaired) electrons. The Morgan fingerprint density at radius 2 is 1.95 bits per heavy atom. The van der Waals surface area contributed by atoms with Gasteiger partial charge in [0.2, 0.25) is 0 Å². The molecule has 4 nitrogen and oxygen atoms in total. The van der Waals surface area contributed by atoms with Gasteiger partial charge in [0.05, 0.1) is 12.7 Å². The van der Waals surface area contributed by atoms with Gasteiger partial charge < -0.3 is 10.5 Å². The van der Waals surface area contributed by atoms with Gasteiger partial charge in [-0.15, -0.1) is 0 Å². The number of halogens is 1. The SMILES string of the molecule is C=C/C(C(=C)C(=O)OC)=C(\N)N=C(C)c1ccc(Cl)cc1. The fraction of sp³-hybridized carbons (Fsp3) is 0.125. The Balaban J connectivity index is 3.17. The number of aliphatic imine (C=N–C) groups is 1. The molecule has 0 spiro atoms. The minimum atomic E-state index is -0.577. The lowest BCUT2D eigenvalue weighted by Gasteiger charge is -2.08. The van der Waals surface area contributed by atoms with Crippen LogP contribution >= 0.6 is 11.6 Å². The van der Waals surface area contributed by atoms with E-state index in [1.165, 1.54) is 13.2 Å². The molecule has 5 heteroatoms. The number of ether oxygens (including phenoxy) is 1. The second kappa shape index (κ2) is 7.45. The van der Waals surface area contributed by atoms with Gasteiger partial charge >= 0.3 is 5.97 Å². The van der Waals surface area contributed by atoms with Crippen LogP contribution in [0.1, 0.15) is 12.5 Å². The van der Waals surface area contributed by atoms with E-state index in [4.69, 9.17) is 17.3 Å². The molecule has 1 rings (SSSR count). The number of nitrogens with zero attached hydrogens (tertiary/aromatic N) is 1. The van der Waals surface area contributed by atoms with Crippen molar-refractivity contribution in [3.8, 4) is 0 Å². The van der Waals surface area contributed by atoms with Crippen LogP contribution in [0.4, 0.5) is 0 Å². The second-order valence-electron chi connectivity index (χ2n) is 4.18. The number of esters is 1. The van der Waals surface area contributed by atoms with Gasteiger partial charge in [-0.2, -0.15) is 0 Å². The maximum absolute atomic E-state index is 11.5. The molecule has 0 atom stereocenters. The van der Waals surface area contributed by atoms with E-state index in [2.05, 4.69) is 22.9 Å². The van der Waals surface area contributed by atoms with E-state index in [9.17, 15) is 4.79 Å². The van der Waals surface area contributed by atoms with Crippen molar-refractivity contribution in [3.63, 3.8) is 0 Å². The topological polar surface area (TPSA) is 64.7 Å². The monoisotopic (exact) mass is 304 g/mol. The van der Waals surface area contributed by atoms with Gasteiger partial charge in [-0.05, 0) is 24.6 Å². The Kier molecular flexibility index (Phi) is 5.93. The highest BCUT2D eigenvalue weighted by Gasteiger charge is 2.13. The van der Waals surface area contributed by atoms with Crippen LogP contribution in [-0.2, 0) is 9.53 Å². The molecule has 0 saturated heterocycles. The van der Waals surface area contributed by atoms with Crippen LogP contribution in [0.5, 0.6) is 0 Å². The summed E-state index contributed by atoms with van der Waals surface area (Å²) in [7, 11) is 1.27. The first-order valence-corrected chi connectivity index (χ1v) is 6.49. The molecule has 0 bridgehead atoms. The molecule has 1 aromatic rings. The number of hydrogen-bond acceptors (Lipinski definition) is 4. The molecule has 0 aliphatic rings. The number of methoxy groups -OCH3 is 1. The quantitative estimate of drug-likeness (QED) is 0.393. The van der Waals surface area contributed by atoms with Gasteiger partial charge in [-0.25, -0.2) is 9.79 Å². The number of benzene rings is 1. The van der Waals surface area contributed by atoms with Crippen LogP contribution in [0.25, 0.3) is 0 Å². The van der Waals surface area contributed by atoms with Crippen LogP contribution in [0.3, 0.4) is 0 Å². The zero-order valence-corrected chi connectivity index (χ0v) is 12.8. The highest BCUT2D eigenvalue weighted by Crippen LogP contribution is 2.16. The molecule has 21 heavy (non-hydrogen) atoms. The summed E-state index contributed by atoms with van der Waals surface area (Å²) in [5.74, 6) is -0.431. The van der Waals surface area contributed by atoms with E-state index in [0.29, 0.717) is 16.3 Å². The lowest BCUT2D eigenvalue weighted by Crippen LogP contribution is -2.10. The normalized spacial score (nSPS) is 12.4. The van der Waals surface area contributed by atoms with Crippen LogP contribution in [0.2, 0.25) is 5.02 Å². The molecule has 0 amide bonds. The highest BCUT2D eigenvalue weighted by molar-refractivity contribution is 6.30. The van der Waals surface area contributed by atoms with Gasteiger partial charge in [0.15, 0.2) is 0 Å². The predicted molar refractivity (Wildman–Crippen MR) is 86.2 cm³/mol. The summed E-state index contributed by atoms with van der Waals surface area (Å²) in [6.45, 7) is 9.06. The molecule has 0 aromatic heterocycles. The first-order chi connectivity index (χ1) is 9.90. The van der Waals surface area contributed by atoms with Gasteiger partial charge in [0.1, 0.15) is 5.82 Å². The maximum atomic E-state index is 11.5. The summed E-state index contributed by atoms with van der Waals surface area (Å²) in [5.41, 5.74) is 7.92. The van der Waals surface area contributed by atoms with Crippen molar-refractivity contribution in [1.82, 2.24) is 0 Å². The summed E-state index contributed by atoms with van der Waals surface area (Å²) in [6, 6.07) is 7.18. The van der Waals surface area contributed by atoms with Crippen molar-refractivity contribution in [1.29, 1.82) is 0 Å². The number of allylic oxidation sites excluding steroid dienone is 1. The predicted octanol–water partition coefficient (Wildman–Crippen LogP) is 3.23. The average molecular weight is 305 g/mol. The van der Waals surface area contributed by atoms with E-state index in [1.54, 1.807) is 19.1 Å². The third kappa shape index (κ3) is 4.33. The number of rotatable bonds is 5. The molecule has 110 valence electrons. The minimum Gasteiger partial charge on any atom is -0.465 e. The van der Waals surface area contributed by atoms with E-state index in [0.717, 1.165) is 5.56 Å². The number of carbonyl (C=O) groups is 1. The second-order valence-corrected chi connectivity index (χ2v) is 4.61. The first-order valence-electron chi connectivity index (χ1n) is 6.11. The summed E-state index contributed by atoms with van der Waals surface area (Å²) >= 11 is 5.84. The Hall–Kier alpha value is -2.33. The Bertz CT molecular complexity index is 628. The van der Waals surface area contributed by atoms with E-state index < -0.39 is 5.97 Å². The molecule has 0 aliphatic carbocycles. The summed E-state index contributed by atoms with van der Waals surface area (Å²) in [5, 5.41) is 0.640. The van der Waals surface area contributed by atoms with Crippen LogP contribution in [0.15, 0.2) is 65.5 Å². The molecule has 0 heterocycles. The lowest BCUT2D eigenvalue weighted by molar-refractivity contribution is -0.135.